The molecule has 0 radical (unpaired) electrons. The molecule has 0 saturated heterocycles. The van der Waals surface area contributed by atoms with E-state index in [4.69, 9.17) is 15.6 Å². The molecule has 0 aromatic carbocycles. The maximum atomic E-state index is 13.6. The SMILES string of the molecule is CCC(F)CCNC.COc1cc2nc(C(C)(C)O)c(-c3ccc(F)c(N)n3)n2nc1C1CC1. The molecule has 0 spiro atoms. The van der Waals surface area contributed by atoms with Gasteiger partial charge in [0.2, 0.25) is 0 Å². The van der Waals surface area contributed by atoms with Gasteiger partial charge in [-0.3, -0.25) is 0 Å². The maximum absolute atomic E-state index is 13.6. The third-order valence-electron chi connectivity index (χ3n) is 5.63. The van der Waals surface area contributed by atoms with Crippen LogP contribution in [-0.2, 0) is 5.60 Å². The number of fused-ring (bicyclic) bond motifs is 1. The zero-order valence-corrected chi connectivity index (χ0v) is 20.4. The zero-order valence-electron chi connectivity index (χ0n) is 20.4. The molecule has 0 bridgehead atoms. The summed E-state index contributed by atoms with van der Waals surface area (Å²) >= 11 is 0. The predicted molar refractivity (Wildman–Crippen MR) is 128 cm³/mol. The third kappa shape index (κ3) is 5.79. The molecule has 186 valence electrons. The van der Waals surface area contributed by atoms with Gasteiger partial charge in [0.1, 0.15) is 34.6 Å². The Morgan fingerprint density at radius 3 is 2.56 bits per heavy atom. The monoisotopic (exact) mass is 476 g/mol. The van der Waals surface area contributed by atoms with Crippen molar-refractivity contribution in [1.29, 1.82) is 0 Å². The van der Waals surface area contributed by atoms with Crippen molar-refractivity contribution in [3.8, 4) is 17.1 Å². The van der Waals surface area contributed by atoms with E-state index >= 15 is 0 Å². The highest BCUT2D eigenvalue weighted by atomic mass is 19.1. The van der Waals surface area contributed by atoms with Crippen LogP contribution >= 0.6 is 0 Å². The van der Waals surface area contributed by atoms with Gasteiger partial charge in [-0.05, 0) is 65.3 Å². The molecule has 0 aliphatic heterocycles. The fraction of sp³-hybridized carbons (Fsp3) is 0.542. The van der Waals surface area contributed by atoms with Crippen LogP contribution in [0.4, 0.5) is 14.6 Å². The van der Waals surface area contributed by atoms with Crippen molar-refractivity contribution in [3.63, 3.8) is 0 Å². The van der Waals surface area contributed by atoms with Gasteiger partial charge in [0, 0.05) is 12.0 Å². The van der Waals surface area contributed by atoms with Crippen molar-refractivity contribution in [1.82, 2.24) is 24.9 Å². The first-order chi connectivity index (χ1) is 16.1. The second-order valence-corrected chi connectivity index (χ2v) is 8.97. The van der Waals surface area contributed by atoms with E-state index in [2.05, 4.69) is 15.3 Å². The van der Waals surface area contributed by atoms with E-state index < -0.39 is 17.6 Å². The number of anilines is 1. The quantitative estimate of drug-likeness (QED) is 0.451. The van der Waals surface area contributed by atoms with Crippen LogP contribution in [0.3, 0.4) is 0 Å². The molecule has 4 rings (SSSR count). The Morgan fingerprint density at radius 1 is 1.32 bits per heavy atom. The molecule has 4 N–H and O–H groups in total. The Morgan fingerprint density at radius 2 is 2.03 bits per heavy atom. The van der Waals surface area contributed by atoms with Crippen LogP contribution in [-0.4, -0.2) is 51.6 Å². The van der Waals surface area contributed by atoms with E-state index in [-0.39, 0.29) is 5.82 Å². The average Bonchev–Trinajstić information content (AvgIpc) is 3.58. The van der Waals surface area contributed by atoms with Crippen LogP contribution in [0.5, 0.6) is 5.75 Å². The largest absolute Gasteiger partial charge is 0.495 e. The molecule has 1 aliphatic rings. The number of alkyl halides is 1. The number of aromatic nitrogens is 4. The van der Waals surface area contributed by atoms with Crippen molar-refractivity contribution >= 4 is 11.5 Å². The summed E-state index contributed by atoms with van der Waals surface area (Å²) in [6.07, 6.45) is 2.79. The maximum Gasteiger partial charge on any atom is 0.165 e. The van der Waals surface area contributed by atoms with Gasteiger partial charge < -0.3 is 20.9 Å². The summed E-state index contributed by atoms with van der Waals surface area (Å²) in [6, 6.07) is 4.55. The van der Waals surface area contributed by atoms with Crippen LogP contribution in [0.25, 0.3) is 17.0 Å². The first kappa shape index (κ1) is 25.8. The van der Waals surface area contributed by atoms with Gasteiger partial charge in [-0.15, -0.1) is 0 Å². The Hall–Kier alpha value is -2.85. The number of methoxy groups -OCH3 is 1. The first-order valence-corrected chi connectivity index (χ1v) is 11.5. The minimum atomic E-state index is -1.25. The van der Waals surface area contributed by atoms with Crippen molar-refractivity contribution in [2.75, 3.05) is 26.4 Å². The molecule has 0 amide bonds. The minimum Gasteiger partial charge on any atom is -0.495 e. The zero-order chi connectivity index (χ0) is 25.0. The molecule has 3 aromatic rings. The van der Waals surface area contributed by atoms with Gasteiger partial charge in [0.25, 0.3) is 0 Å². The number of nitrogens with two attached hydrogens (primary N) is 1. The predicted octanol–water partition coefficient (Wildman–Crippen LogP) is 3.97. The molecule has 1 saturated carbocycles. The average molecular weight is 477 g/mol. The van der Waals surface area contributed by atoms with Crippen molar-refractivity contribution in [2.24, 2.45) is 0 Å². The van der Waals surface area contributed by atoms with Crippen LogP contribution in [0.1, 0.15) is 63.8 Å². The fourth-order valence-electron chi connectivity index (χ4n) is 3.53. The van der Waals surface area contributed by atoms with E-state index in [1.54, 1.807) is 31.5 Å². The molecule has 10 heteroatoms. The van der Waals surface area contributed by atoms with E-state index in [1.165, 1.54) is 12.1 Å². The lowest BCUT2D eigenvalue weighted by molar-refractivity contribution is 0.0750. The van der Waals surface area contributed by atoms with Gasteiger partial charge in [0.15, 0.2) is 17.3 Å². The van der Waals surface area contributed by atoms with Crippen LogP contribution < -0.4 is 15.8 Å². The number of rotatable bonds is 8. The first-order valence-electron chi connectivity index (χ1n) is 11.5. The molecule has 1 aliphatic carbocycles. The number of hydrogen-bond donors (Lipinski definition) is 3. The van der Waals surface area contributed by atoms with Crippen LogP contribution in [0.15, 0.2) is 18.2 Å². The minimum absolute atomic E-state index is 0.213. The van der Waals surface area contributed by atoms with Crippen molar-refractivity contribution in [2.45, 2.75) is 64.1 Å². The van der Waals surface area contributed by atoms with E-state index in [1.807, 2.05) is 14.0 Å². The summed E-state index contributed by atoms with van der Waals surface area (Å²) in [7, 11) is 3.44. The lowest BCUT2D eigenvalue weighted by Gasteiger charge is -2.16. The molecule has 1 fully saturated rings. The highest BCUT2D eigenvalue weighted by Crippen LogP contribution is 2.44. The standard InChI is InChI=1S/C18H20FN5O2.C6H14FN/c1-18(2,25)16-15(11-7-6-10(19)17(20)21-11)24-13(22-16)8-12(26-3)14(23-24)9-4-5-9;1-3-6(7)4-5-8-2/h6-9,25H,4-5H2,1-3H3,(H2,20,21);6,8H,3-5H2,1-2H3. The number of halogens is 2. The number of nitrogen functional groups attached to an aromatic ring is 1. The summed E-state index contributed by atoms with van der Waals surface area (Å²) in [4.78, 5) is 8.67. The molecule has 3 aromatic heterocycles. The van der Waals surface area contributed by atoms with Gasteiger partial charge in [-0.2, -0.15) is 5.10 Å². The molecular weight excluding hydrogens is 442 g/mol. The Bertz CT molecular complexity index is 1120. The smallest absolute Gasteiger partial charge is 0.165 e. The summed E-state index contributed by atoms with van der Waals surface area (Å²) in [5.41, 5.74) is 7.03. The lowest BCUT2D eigenvalue weighted by Crippen LogP contribution is -2.18. The van der Waals surface area contributed by atoms with Crippen molar-refractivity contribution < 1.29 is 18.6 Å². The topological polar surface area (TPSA) is 111 Å². The number of hydrogen-bond acceptors (Lipinski definition) is 7. The Kier molecular flexibility index (Phi) is 8.04. The molecule has 34 heavy (non-hydrogen) atoms. The molecule has 1 unspecified atom stereocenters. The normalized spacial score (nSPS) is 14.6. The number of imidazole rings is 1. The second kappa shape index (κ2) is 10.6. The summed E-state index contributed by atoms with van der Waals surface area (Å²) < 4.78 is 32.9. The number of nitrogens with one attached hydrogen (secondary N) is 1. The molecule has 8 nitrogen and oxygen atoms in total. The van der Waals surface area contributed by atoms with Gasteiger partial charge in [-0.1, -0.05) is 6.92 Å². The number of ether oxygens (including phenoxy) is 1. The molecule has 3 heterocycles. The van der Waals surface area contributed by atoms with Crippen molar-refractivity contribution in [3.05, 3.63) is 35.4 Å². The summed E-state index contributed by atoms with van der Waals surface area (Å²) in [5, 5.41) is 18.2. The van der Waals surface area contributed by atoms with E-state index in [9.17, 15) is 13.9 Å². The van der Waals surface area contributed by atoms with E-state index in [0.717, 1.165) is 25.1 Å². The summed E-state index contributed by atoms with van der Waals surface area (Å²) in [5.74, 6) is 0.211. The van der Waals surface area contributed by atoms with Crippen LogP contribution in [0.2, 0.25) is 0 Å². The number of pyridine rings is 1. The third-order valence-corrected chi connectivity index (χ3v) is 5.63. The highest BCUT2D eigenvalue weighted by Gasteiger charge is 2.33. The van der Waals surface area contributed by atoms with Crippen LogP contribution in [0, 0.1) is 5.82 Å². The Balaban J connectivity index is 0.000000350. The second-order valence-electron chi connectivity index (χ2n) is 8.97. The van der Waals surface area contributed by atoms with Gasteiger partial charge in [-0.25, -0.2) is 23.3 Å². The number of aliphatic hydroxyl groups is 1. The van der Waals surface area contributed by atoms with Gasteiger partial charge in [0.05, 0.1) is 12.8 Å². The Labute approximate surface area is 198 Å². The number of nitrogens with zero attached hydrogens (tertiary/aromatic N) is 4. The lowest BCUT2D eigenvalue weighted by atomic mass is 10.0. The highest BCUT2D eigenvalue weighted by molar-refractivity contribution is 5.67. The fourth-order valence-corrected chi connectivity index (χ4v) is 3.53. The van der Waals surface area contributed by atoms with E-state index in [0.29, 0.717) is 47.2 Å². The summed E-state index contributed by atoms with van der Waals surface area (Å²) in [6.45, 7) is 5.91. The molecular formula is C24H34F2N6O2. The molecule has 1 atom stereocenters. The van der Waals surface area contributed by atoms with Gasteiger partial charge >= 0.3 is 0 Å².